The molecule has 31 heavy (non-hydrogen) atoms. The van der Waals surface area contributed by atoms with Crippen LogP contribution in [-0.4, -0.2) is 69.8 Å². The number of thiol groups is 1. The Morgan fingerprint density at radius 1 is 0.935 bits per heavy atom. The molecule has 0 bridgehead atoms. The van der Waals surface area contributed by atoms with Crippen molar-refractivity contribution in [3.05, 3.63) is 35.9 Å². The van der Waals surface area contributed by atoms with Crippen molar-refractivity contribution in [2.45, 2.75) is 43.9 Å². The van der Waals surface area contributed by atoms with Gasteiger partial charge in [0.15, 0.2) is 0 Å². The Hall–Kier alpha value is -3.12. The van der Waals surface area contributed by atoms with Crippen LogP contribution in [0.2, 0.25) is 0 Å². The molecule has 1 aromatic rings. The van der Waals surface area contributed by atoms with Crippen molar-refractivity contribution < 1.29 is 34.2 Å². The number of amides is 3. The minimum Gasteiger partial charge on any atom is -0.481 e. The topological polar surface area (TPSA) is 188 Å². The van der Waals surface area contributed by atoms with Crippen LogP contribution in [0, 0.1) is 0 Å². The summed E-state index contributed by atoms with van der Waals surface area (Å²) in [5.41, 5.74) is 6.26. The number of carbonyl (C=O) groups excluding carboxylic acids is 3. The van der Waals surface area contributed by atoms with E-state index in [2.05, 4.69) is 28.6 Å². The van der Waals surface area contributed by atoms with E-state index in [1.54, 1.807) is 30.3 Å². The number of benzene rings is 1. The summed E-state index contributed by atoms with van der Waals surface area (Å²) in [6.07, 6.45) is -0.578. The summed E-state index contributed by atoms with van der Waals surface area (Å²) in [5.74, 6) is -4.99. The van der Waals surface area contributed by atoms with Gasteiger partial charge in [0.05, 0.1) is 12.5 Å². The van der Waals surface area contributed by atoms with Gasteiger partial charge in [0.2, 0.25) is 17.7 Å². The van der Waals surface area contributed by atoms with Gasteiger partial charge in [-0.3, -0.25) is 24.0 Å². The first-order valence-electron chi connectivity index (χ1n) is 9.31. The van der Waals surface area contributed by atoms with Crippen molar-refractivity contribution >= 4 is 42.3 Å². The summed E-state index contributed by atoms with van der Waals surface area (Å²) in [4.78, 5) is 59.0. The van der Waals surface area contributed by atoms with E-state index in [1.807, 2.05) is 0 Å². The van der Waals surface area contributed by atoms with E-state index < -0.39 is 60.2 Å². The molecule has 4 unspecified atom stereocenters. The van der Waals surface area contributed by atoms with Crippen LogP contribution >= 0.6 is 12.6 Å². The van der Waals surface area contributed by atoms with Gasteiger partial charge >= 0.3 is 11.9 Å². The summed E-state index contributed by atoms with van der Waals surface area (Å²) in [6, 6.07) is 3.80. The lowest BCUT2D eigenvalue weighted by Crippen LogP contribution is -2.58. The second kappa shape index (κ2) is 12.5. The fraction of sp³-hybridized carbons (Fsp3) is 0.421. The molecular formula is C19H26N4O7S. The van der Waals surface area contributed by atoms with Crippen molar-refractivity contribution in [1.29, 1.82) is 0 Å². The fourth-order valence-electron chi connectivity index (χ4n) is 2.46. The number of nitrogens with one attached hydrogen (secondary N) is 3. The quantitative estimate of drug-likeness (QED) is 0.186. The van der Waals surface area contributed by atoms with Crippen LogP contribution in [0.4, 0.5) is 0 Å². The van der Waals surface area contributed by atoms with E-state index in [0.29, 0.717) is 5.56 Å². The van der Waals surface area contributed by atoms with Crippen molar-refractivity contribution in [2.24, 2.45) is 5.73 Å². The molecule has 1 rings (SSSR count). The zero-order valence-electron chi connectivity index (χ0n) is 16.8. The van der Waals surface area contributed by atoms with Crippen LogP contribution in [0.3, 0.4) is 0 Å². The summed E-state index contributed by atoms with van der Waals surface area (Å²) in [7, 11) is 0. The van der Waals surface area contributed by atoms with Gasteiger partial charge < -0.3 is 31.9 Å². The molecule has 0 radical (unpaired) electrons. The van der Waals surface area contributed by atoms with E-state index in [9.17, 15) is 24.0 Å². The molecule has 1 aromatic carbocycles. The number of rotatable bonds is 12. The normalized spacial score (nSPS) is 14.4. The largest absolute Gasteiger partial charge is 0.481 e. The third kappa shape index (κ3) is 9.05. The second-order valence-electron chi connectivity index (χ2n) is 6.77. The van der Waals surface area contributed by atoms with Gasteiger partial charge in [-0.2, -0.15) is 12.6 Å². The molecule has 0 aliphatic rings. The first-order chi connectivity index (χ1) is 14.5. The molecule has 0 fully saturated rings. The fourth-order valence-corrected chi connectivity index (χ4v) is 2.72. The molecule has 170 valence electrons. The van der Waals surface area contributed by atoms with Crippen LogP contribution in [0.5, 0.6) is 0 Å². The highest BCUT2D eigenvalue weighted by molar-refractivity contribution is 7.80. The number of carboxylic acids is 2. The molecule has 0 saturated heterocycles. The Kier molecular flexibility index (Phi) is 10.5. The number of nitrogens with two attached hydrogens (primary N) is 1. The van der Waals surface area contributed by atoms with Crippen LogP contribution < -0.4 is 21.7 Å². The molecular weight excluding hydrogens is 428 g/mol. The summed E-state index contributed by atoms with van der Waals surface area (Å²) >= 11 is 4.02. The smallest absolute Gasteiger partial charge is 0.325 e. The highest BCUT2D eigenvalue weighted by atomic mass is 32.1. The van der Waals surface area contributed by atoms with Gasteiger partial charge in [0, 0.05) is 12.2 Å². The molecule has 7 N–H and O–H groups in total. The van der Waals surface area contributed by atoms with Gasteiger partial charge in [0.25, 0.3) is 0 Å². The Balaban J connectivity index is 2.95. The SMILES string of the molecule is CC(NC(=O)C(CS)NC(=O)C(Cc1ccccc1)NC(=O)C(N)CC(=O)O)C(=O)O. The first-order valence-corrected chi connectivity index (χ1v) is 9.94. The number of carbonyl (C=O) groups is 5. The zero-order valence-corrected chi connectivity index (χ0v) is 17.7. The maximum atomic E-state index is 12.8. The van der Waals surface area contributed by atoms with E-state index in [-0.39, 0.29) is 12.2 Å². The van der Waals surface area contributed by atoms with Crippen LogP contribution in [-0.2, 0) is 30.4 Å². The third-order valence-electron chi connectivity index (χ3n) is 4.19. The van der Waals surface area contributed by atoms with E-state index in [1.165, 1.54) is 6.92 Å². The summed E-state index contributed by atoms with van der Waals surface area (Å²) in [5, 5.41) is 24.8. The lowest BCUT2D eigenvalue weighted by atomic mass is 10.0. The maximum Gasteiger partial charge on any atom is 0.325 e. The lowest BCUT2D eigenvalue weighted by molar-refractivity contribution is -0.141. The molecule has 3 amide bonds. The monoisotopic (exact) mass is 454 g/mol. The number of hydrogen-bond donors (Lipinski definition) is 7. The maximum absolute atomic E-state index is 12.8. The van der Waals surface area contributed by atoms with Crippen molar-refractivity contribution in [1.82, 2.24) is 16.0 Å². The lowest BCUT2D eigenvalue weighted by Gasteiger charge is -2.24. The van der Waals surface area contributed by atoms with Gasteiger partial charge in [-0.05, 0) is 12.5 Å². The standard InChI is InChI=1S/C19H26N4O7S/c1-10(19(29)30)21-18(28)14(9-31)23-17(27)13(7-11-5-3-2-4-6-11)22-16(26)12(20)8-15(24)25/h2-6,10,12-14,31H,7-9,20H2,1H3,(H,21,28)(H,22,26)(H,23,27)(H,24,25)(H,29,30). The summed E-state index contributed by atoms with van der Waals surface area (Å²) in [6.45, 7) is 1.26. The van der Waals surface area contributed by atoms with Crippen LogP contribution in [0.15, 0.2) is 30.3 Å². The van der Waals surface area contributed by atoms with Gasteiger partial charge in [0.1, 0.15) is 18.1 Å². The Bertz CT molecular complexity index is 806. The van der Waals surface area contributed by atoms with E-state index in [4.69, 9.17) is 15.9 Å². The highest BCUT2D eigenvalue weighted by Crippen LogP contribution is 2.05. The number of hydrogen-bond acceptors (Lipinski definition) is 7. The van der Waals surface area contributed by atoms with E-state index >= 15 is 0 Å². The molecule has 0 aromatic heterocycles. The molecule has 0 aliphatic heterocycles. The molecule has 4 atom stereocenters. The second-order valence-corrected chi connectivity index (χ2v) is 7.13. The average Bonchev–Trinajstić information content (AvgIpc) is 2.71. The molecule has 0 saturated carbocycles. The minimum atomic E-state index is -1.37. The molecule has 11 nitrogen and oxygen atoms in total. The van der Waals surface area contributed by atoms with Gasteiger partial charge in [-0.15, -0.1) is 0 Å². The van der Waals surface area contributed by atoms with E-state index in [0.717, 1.165) is 0 Å². The third-order valence-corrected chi connectivity index (χ3v) is 4.56. The van der Waals surface area contributed by atoms with Gasteiger partial charge in [-0.1, -0.05) is 30.3 Å². The summed E-state index contributed by atoms with van der Waals surface area (Å²) < 4.78 is 0. The highest BCUT2D eigenvalue weighted by Gasteiger charge is 2.29. The van der Waals surface area contributed by atoms with Crippen LogP contribution in [0.25, 0.3) is 0 Å². The predicted octanol–water partition coefficient (Wildman–Crippen LogP) is -1.48. The van der Waals surface area contributed by atoms with Crippen molar-refractivity contribution in [3.63, 3.8) is 0 Å². The van der Waals surface area contributed by atoms with Crippen LogP contribution in [0.1, 0.15) is 18.9 Å². The Morgan fingerprint density at radius 2 is 1.48 bits per heavy atom. The van der Waals surface area contributed by atoms with Crippen molar-refractivity contribution in [2.75, 3.05) is 5.75 Å². The van der Waals surface area contributed by atoms with Crippen molar-refractivity contribution in [3.8, 4) is 0 Å². The molecule has 0 spiro atoms. The molecule has 0 heterocycles. The molecule has 12 heteroatoms. The molecule has 0 aliphatic carbocycles. The Morgan fingerprint density at radius 3 is 2.00 bits per heavy atom. The Labute approximate surface area is 184 Å². The zero-order chi connectivity index (χ0) is 23.6. The number of aliphatic carboxylic acids is 2. The number of carboxylic acid groups (broad SMARTS) is 2. The predicted molar refractivity (Wildman–Crippen MR) is 113 cm³/mol. The van der Waals surface area contributed by atoms with Gasteiger partial charge in [-0.25, -0.2) is 0 Å². The average molecular weight is 455 g/mol. The first kappa shape index (κ1) is 25.9. The minimum absolute atomic E-state index is 0.0463.